The Morgan fingerprint density at radius 1 is 1.04 bits per heavy atom. The number of carboxylic acids is 1. The van der Waals surface area contributed by atoms with E-state index in [1.54, 1.807) is 13.1 Å². The molecular formula is C39H37N7O3. The molecule has 0 spiro atoms. The molecule has 0 unspecified atom stereocenters. The summed E-state index contributed by atoms with van der Waals surface area (Å²) in [6.45, 7) is 8.36. The van der Waals surface area contributed by atoms with Crippen LogP contribution in [0.3, 0.4) is 0 Å². The number of hydrogen-bond donors (Lipinski definition) is 3. The maximum absolute atomic E-state index is 11.8. The van der Waals surface area contributed by atoms with Crippen LogP contribution in [0, 0.1) is 30.6 Å². The van der Waals surface area contributed by atoms with Gasteiger partial charge in [-0.25, -0.2) is 9.97 Å². The number of rotatable bonds is 9. The average Bonchev–Trinajstić information content (AvgIpc) is 3.70. The van der Waals surface area contributed by atoms with Crippen LogP contribution in [0.5, 0.6) is 0 Å². The smallest absolute Gasteiger partial charge is 0.310 e. The predicted molar refractivity (Wildman–Crippen MR) is 190 cm³/mol. The molecule has 10 heteroatoms. The van der Waals surface area contributed by atoms with Gasteiger partial charge < -0.3 is 20.2 Å². The van der Waals surface area contributed by atoms with Crippen LogP contribution in [0.25, 0.3) is 44.6 Å². The first-order chi connectivity index (χ1) is 23.7. The molecule has 0 radical (unpaired) electrons. The molecule has 246 valence electrons. The Labute approximate surface area is 284 Å². The van der Waals surface area contributed by atoms with Gasteiger partial charge in [0.25, 0.3) is 0 Å². The van der Waals surface area contributed by atoms with E-state index in [1.165, 1.54) is 0 Å². The van der Waals surface area contributed by atoms with Crippen molar-refractivity contribution < 1.29 is 14.3 Å². The Balaban J connectivity index is 1.20. The van der Waals surface area contributed by atoms with Gasteiger partial charge in [0, 0.05) is 48.7 Å². The molecule has 10 nitrogen and oxygen atoms in total. The number of pyridine rings is 2. The molecule has 3 aromatic heterocycles. The molecule has 0 aliphatic carbocycles. The molecule has 49 heavy (non-hydrogen) atoms. The van der Waals surface area contributed by atoms with Crippen molar-refractivity contribution in [2.45, 2.75) is 40.3 Å². The number of nitrogens with zero attached hydrogens (tertiary/aromatic N) is 5. The number of carbonyl (C=O) groups is 1. The number of likely N-dealkylation sites (tertiary alicyclic amines) is 1. The SMILES string of the molecule is CNCc1cnc2c(Nc3cccc(-c4cccc(-c5nc6cc(CN7CC[C@@](C)(C(=O)O)C7)cc(C#N)c6o5)c4C)c3C)nccc2c1. The normalized spacial score (nSPS) is 16.3. The van der Waals surface area contributed by atoms with Crippen LogP contribution in [0.4, 0.5) is 11.5 Å². The van der Waals surface area contributed by atoms with E-state index in [2.05, 4.69) is 58.6 Å². The van der Waals surface area contributed by atoms with E-state index in [0.29, 0.717) is 54.4 Å². The van der Waals surface area contributed by atoms with E-state index in [0.717, 1.165) is 62.1 Å². The molecule has 4 heterocycles. The van der Waals surface area contributed by atoms with Gasteiger partial charge in [-0.1, -0.05) is 24.3 Å². The number of oxazole rings is 1. The number of nitrogens with one attached hydrogen (secondary N) is 2. The summed E-state index contributed by atoms with van der Waals surface area (Å²) in [6, 6.07) is 22.4. The highest BCUT2D eigenvalue weighted by molar-refractivity contribution is 5.91. The first-order valence-electron chi connectivity index (χ1n) is 16.3. The maximum atomic E-state index is 11.8. The molecule has 6 aromatic rings. The molecule has 1 atom stereocenters. The Morgan fingerprint density at radius 3 is 2.57 bits per heavy atom. The predicted octanol–water partition coefficient (Wildman–Crippen LogP) is 7.35. The lowest BCUT2D eigenvalue weighted by Gasteiger charge is -2.20. The van der Waals surface area contributed by atoms with E-state index >= 15 is 0 Å². The Hall–Kier alpha value is -5.63. The highest BCUT2D eigenvalue weighted by Gasteiger charge is 2.40. The third-order valence-corrected chi connectivity index (χ3v) is 9.62. The average molecular weight is 652 g/mol. The van der Waals surface area contributed by atoms with Crippen LogP contribution in [-0.2, 0) is 17.9 Å². The number of fused-ring (bicyclic) bond motifs is 2. The number of benzene rings is 3. The lowest BCUT2D eigenvalue weighted by molar-refractivity contribution is -0.147. The molecule has 1 aliphatic heterocycles. The summed E-state index contributed by atoms with van der Waals surface area (Å²) < 4.78 is 6.28. The van der Waals surface area contributed by atoms with Crippen molar-refractivity contribution >= 4 is 39.5 Å². The van der Waals surface area contributed by atoms with E-state index < -0.39 is 11.4 Å². The molecule has 1 saturated heterocycles. The second kappa shape index (κ2) is 12.8. The van der Waals surface area contributed by atoms with Gasteiger partial charge in [0.05, 0.1) is 11.0 Å². The standard InChI is InChI=1S/C39H37N7O3/c1-23-29(30-8-6-10-32(24(30)2)44-36-34-27(11-13-42-36)16-26(19-41-4)20-43-34)7-5-9-31(23)37-45-33-17-25(15-28(18-40)35(33)49-37)21-46-14-12-39(3,22-46)38(47)48/h5-11,13,15-17,20,41H,12,14,19,21-22H2,1-4H3,(H,42,44)(H,47,48)/t39-/m1/s1. The van der Waals surface area contributed by atoms with Crippen molar-refractivity contribution in [1.82, 2.24) is 25.2 Å². The number of carboxylic acid groups (broad SMARTS) is 1. The van der Waals surface area contributed by atoms with Gasteiger partial charge in [0.1, 0.15) is 17.1 Å². The fourth-order valence-corrected chi connectivity index (χ4v) is 6.85. The summed E-state index contributed by atoms with van der Waals surface area (Å²) in [4.78, 5) is 28.1. The fraction of sp³-hybridized carbons (Fsp3) is 0.256. The van der Waals surface area contributed by atoms with E-state index in [1.807, 2.05) is 55.7 Å². The zero-order chi connectivity index (χ0) is 34.3. The molecule has 3 N–H and O–H groups in total. The van der Waals surface area contributed by atoms with Crippen molar-refractivity contribution in [2.75, 3.05) is 25.5 Å². The highest BCUT2D eigenvalue weighted by atomic mass is 16.4. The summed E-state index contributed by atoms with van der Waals surface area (Å²) in [5.41, 5.74) is 9.43. The Kier molecular flexibility index (Phi) is 8.32. The maximum Gasteiger partial charge on any atom is 0.310 e. The van der Waals surface area contributed by atoms with Gasteiger partial charge >= 0.3 is 5.97 Å². The second-order valence-electron chi connectivity index (χ2n) is 13.1. The van der Waals surface area contributed by atoms with Crippen LogP contribution in [-0.4, -0.2) is 51.1 Å². The molecule has 0 amide bonds. The van der Waals surface area contributed by atoms with Gasteiger partial charge in [-0.05, 0) is 111 Å². The van der Waals surface area contributed by atoms with E-state index in [9.17, 15) is 15.2 Å². The number of nitriles is 1. The van der Waals surface area contributed by atoms with E-state index in [4.69, 9.17) is 14.4 Å². The minimum Gasteiger partial charge on any atom is -0.481 e. The molecule has 7 rings (SSSR count). The van der Waals surface area contributed by atoms with Crippen molar-refractivity contribution in [1.29, 1.82) is 5.26 Å². The zero-order valence-electron chi connectivity index (χ0n) is 28.0. The van der Waals surface area contributed by atoms with Crippen LogP contribution in [0.15, 0.2) is 77.5 Å². The lowest BCUT2D eigenvalue weighted by Crippen LogP contribution is -2.31. The largest absolute Gasteiger partial charge is 0.481 e. The Bertz CT molecular complexity index is 2290. The third-order valence-electron chi connectivity index (χ3n) is 9.62. The van der Waals surface area contributed by atoms with Gasteiger partial charge in [0.2, 0.25) is 5.89 Å². The first kappa shape index (κ1) is 31.9. The van der Waals surface area contributed by atoms with Crippen LogP contribution in [0.2, 0.25) is 0 Å². The molecule has 0 saturated carbocycles. The minimum absolute atomic E-state index is 0.407. The molecule has 0 bridgehead atoms. The molecule has 1 fully saturated rings. The Morgan fingerprint density at radius 2 is 1.82 bits per heavy atom. The topological polar surface area (TPSA) is 140 Å². The van der Waals surface area contributed by atoms with Crippen LogP contribution >= 0.6 is 0 Å². The summed E-state index contributed by atoms with van der Waals surface area (Å²) >= 11 is 0. The number of aliphatic carboxylic acids is 1. The second-order valence-corrected chi connectivity index (χ2v) is 13.1. The summed E-state index contributed by atoms with van der Waals surface area (Å²) in [5, 5.41) is 27.4. The van der Waals surface area contributed by atoms with Crippen LogP contribution < -0.4 is 10.6 Å². The van der Waals surface area contributed by atoms with E-state index in [-0.39, 0.29) is 0 Å². The molecular weight excluding hydrogens is 614 g/mol. The minimum atomic E-state index is -0.779. The number of aromatic nitrogens is 3. The van der Waals surface area contributed by atoms with Crippen LogP contribution in [0.1, 0.15) is 41.2 Å². The summed E-state index contributed by atoms with van der Waals surface area (Å²) in [7, 11) is 1.92. The quantitative estimate of drug-likeness (QED) is 0.145. The van der Waals surface area contributed by atoms with Crippen molar-refractivity contribution in [3.05, 3.63) is 101 Å². The molecule has 3 aromatic carbocycles. The zero-order valence-corrected chi connectivity index (χ0v) is 28.0. The lowest BCUT2D eigenvalue weighted by atomic mass is 9.90. The fourth-order valence-electron chi connectivity index (χ4n) is 6.85. The third kappa shape index (κ3) is 5.99. The van der Waals surface area contributed by atoms with Crippen molar-refractivity contribution in [3.8, 4) is 28.7 Å². The highest BCUT2D eigenvalue weighted by Crippen LogP contribution is 2.38. The summed E-state index contributed by atoms with van der Waals surface area (Å²) in [6.07, 6.45) is 4.26. The monoisotopic (exact) mass is 651 g/mol. The summed E-state index contributed by atoms with van der Waals surface area (Å²) in [5.74, 6) is 0.357. The number of anilines is 2. The van der Waals surface area contributed by atoms with Gasteiger partial charge in [-0.3, -0.25) is 14.7 Å². The van der Waals surface area contributed by atoms with Crippen molar-refractivity contribution in [3.63, 3.8) is 0 Å². The van der Waals surface area contributed by atoms with Gasteiger partial charge in [-0.2, -0.15) is 5.26 Å². The first-order valence-corrected chi connectivity index (χ1v) is 16.3. The van der Waals surface area contributed by atoms with Crippen molar-refractivity contribution in [2.24, 2.45) is 5.41 Å². The molecule has 1 aliphatic rings. The van der Waals surface area contributed by atoms with Gasteiger partial charge in [0.15, 0.2) is 11.4 Å². The number of hydrogen-bond acceptors (Lipinski definition) is 9. The van der Waals surface area contributed by atoms with Gasteiger partial charge in [-0.15, -0.1) is 0 Å².